The van der Waals surface area contributed by atoms with Gasteiger partial charge in [-0.2, -0.15) is 0 Å². The fourth-order valence-corrected chi connectivity index (χ4v) is 1.56. The largest absolute Gasteiger partial charge is 0.396 e. The number of carbonyl (C=O) groups is 1. The number of carbonyl (C=O) groups excluding carboxylic acids is 1. The SMILES string of the molecule is Cc1cccc(NC(=O)CCCO)c1Br. The molecule has 1 aromatic rings. The second kappa shape index (κ2) is 5.88. The van der Waals surface area contributed by atoms with Crippen LogP contribution in [0, 0.1) is 6.92 Å². The number of amides is 1. The Labute approximate surface area is 97.6 Å². The van der Waals surface area contributed by atoms with Gasteiger partial charge in [-0.15, -0.1) is 0 Å². The van der Waals surface area contributed by atoms with E-state index in [1.165, 1.54) is 0 Å². The van der Waals surface area contributed by atoms with Crippen LogP contribution in [-0.4, -0.2) is 17.6 Å². The summed E-state index contributed by atoms with van der Waals surface area (Å²) < 4.78 is 0.905. The first-order chi connectivity index (χ1) is 7.15. The second-order valence-electron chi connectivity index (χ2n) is 3.31. The molecule has 3 nitrogen and oxygen atoms in total. The average molecular weight is 272 g/mol. The molecule has 0 aromatic heterocycles. The monoisotopic (exact) mass is 271 g/mol. The average Bonchev–Trinajstić information content (AvgIpc) is 2.22. The van der Waals surface area contributed by atoms with Gasteiger partial charge in [0.15, 0.2) is 0 Å². The molecular weight excluding hydrogens is 258 g/mol. The Hall–Kier alpha value is -0.870. The summed E-state index contributed by atoms with van der Waals surface area (Å²) in [5.74, 6) is -0.0737. The van der Waals surface area contributed by atoms with Gasteiger partial charge in [0.1, 0.15) is 0 Å². The molecule has 0 spiro atoms. The highest BCUT2D eigenvalue weighted by Gasteiger charge is 2.06. The molecule has 2 N–H and O–H groups in total. The van der Waals surface area contributed by atoms with E-state index < -0.39 is 0 Å². The molecule has 1 aromatic carbocycles. The van der Waals surface area contributed by atoms with Crippen LogP contribution >= 0.6 is 15.9 Å². The molecule has 0 atom stereocenters. The van der Waals surface area contributed by atoms with Crippen molar-refractivity contribution in [1.29, 1.82) is 0 Å². The second-order valence-corrected chi connectivity index (χ2v) is 4.10. The van der Waals surface area contributed by atoms with Gasteiger partial charge in [-0.1, -0.05) is 12.1 Å². The van der Waals surface area contributed by atoms with Gasteiger partial charge in [0.05, 0.1) is 5.69 Å². The molecular formula is C11H14BrNO2. The Morgan fingerprint density at radius 1 is 1.53 bits per heavy atom. The van der Waals surface area contributed by atoms with Crippen LogP contribution in [0.4, 0.5) is 5.69 Å². The summed E-state index contributed by atoms with van der Waals surface area (Å²) in [6.07, 6.45) is 0.839. The van der Waals surface area contributed by atoms with Crippen LogP contribution in [0.2, 0.25) is 0 Å². The van der Waals surface area contributed by atoms with Gasteiger partial charge in [-0.05, 0) is 40.9 Å². The van der Waals surface area contributed by atoms with Gasteiger partial charge >= 0.3 is 0 Å². The first kappa shape index (κ1) is 12.2. The molecule has 82 valence electrons. The zero-order chi connectivity index (χ0) is 11.3. The van der Waals surface area contributed by atoms with Crippen molar-refractivity contribution in [3.05, 3.63) is 28.2 Å². The summed E-state index contributed by atoms with van der Waals surface area (Å²) in [4.78, 5) is 11.4. The number of rotatable bonds is 4. The first-order valence-corrected chi connectivity index (χ1v) is 5.60. The maximum atomic E-state index is 11.4. The van der Waals surface area contributed by atoms with Gasteiger partial charge in [-0.25, -0.2) is 0 Å². The molecule has 0 heterocycles. The maximum Gasteiger partial charge on any atom is 0.224 e. The molecule has 0 aliphatic heterocycles. The minimum Gasteiger partial charge on any atom is -0.396 e. The third-order valence-electron chi connectivity index (χ3n) is 2.03. The lowest BCUT2D eigenvalue weighted by Gasteiger charge is -2.08. The predicted octanol–water partition coefficient (Wildman–Crippen LogP) is 2.47. The minimum absolute atomic E-state index is 0.0441. The Bertz CT molecular complexity index is 352. The number of halogens is 1. The Balaban J connectivity index is 2.64. The maximum absolute atomic E-state index is 11.4. The number of aliphatic hydroxyl groups is 1. The third-order valence-corrected chi connectivity index (χ3v) is 3.08. The Morgan fingerprint density at radius 3 is 2.93 bits per heavy atom. The lowest BCUT2D eigenvalue weighted by Crippen LogP contribution is -2.12. The van der Waals surface area contributed by atoms with Gasteiger partial charge in [0, 0.05) is 17.5 Å². The van der Waals surface area contributed by atoms with Crippen molar-refractivity contribution in [3.63, 3.8) is 0 Å². The number of aryl methyl sites for hydroxylation is 1. The first-order valence-electron chi connectivity index (χ1n) is 4.81. The molecule has 0 saturated heterocycles. The third kappa shape index (κ3) is 3.64. The fourth-order valence-electron chi connectivity index (χ4n) is 1.20. The van der Waals surface area contributed by atoms with Crippen molar-refractivity contribution in [2.45, 2.75) is 19.8 Å². The van der Waals surface area contributed by atoms with E-state index in [0.717, 1.165) is 15.7 Å². The summed E-state index contributed by atoms with van der Waals surface area (Å²) >= 11 is 3.41. The van der Waals surface area contributed by atoms with Crippen molar-refractivity contribution in [2.24, 2.45) is 0 Å². The molecule has 15 heavy (non-hydrogen) atoms. The quantitative estimate of drug-likeness (QED) is 0.884. The lowest BCUT2D eigenvalue weighted by molar-refractivity contribution is -0.116. The zero-order valence-electron chi connectivity index (χ0n) is 8.59. The van der Waals surface area contributed by atoms with Crippen molar-refractivity contribution in [2.75, 3.05) is 11.9 Å². The highest BCUT2D eigenvalue weighted by Crippen LogP contribution is 2.25. The highest BCUT2D eigenvalue weighted by molar-refractivity contribution is 9.10. The standard InChI is InChI=1S/C11H14BrNO2/c1-8-4-2-5-9(11(8)12)13-10(15)6-3-7-14/h2,4-5,14H,3,6-7H2,1H3,(H,13,15). The molecule has 0 aliphatic carbocycles. The van der Waals surface area contributed by atoms with E-state index in [9.17, 15) is 4.79 Å². The van der Waals surface area contributed by atoms with Crippen LogP contribution in [0.1, 0.15) is 18.4 Å². The minimum atomic E-state index is -0.0737. The van der Waals surface area contributed by atoms with E-state index in [4.69, 9.17) is 5.11 Å². The molecule has 0 saturated carbocycles. The van der Waals surface area contributed by atoms with E-state index in [1.54, 1.807) is 0 Å². The van der Waals surface area contributed by atoms with E-state index >= 15 is 0 Å². The van der Waals surface area contributed by atoms with Crippen molar-refractivity contribution in [3.8, 4) is 0 Å². The van der Waals surface area contributed by atoms with Crippen LogP contribution in [0.3, 0.4) is 0 Å². The van der Waals surface area contributed by atoms with Gasteiger partial charge in [0.2, 0.25) is 5.91 Å². The number of anilines is 1. The van der Waals surface area contributed by atoms with E-state index in [-0.39, 0.29) is 12.5 Å². The van der Waals surface area contributed by atoms with Crippen LogP contribution in [0.15, 0.2) is 22.7 Å². The van der Waals surface area contributed by atoms with Gasteiger partial charge in [0.25, 0.3) is 0 Å². The molecule has 0 aliphatic rings. The molecule has 4 heteroatoms. The van der Waals surface area contributed by atoms with Crippen molar-refractivity contribution >= 4 is 27.5 Å². The van der Waals surface area contributed by atoms with E-state index in [0.29, 0.717) is 12.8 Å². The van der Waals surface area contributed by atoms with Crippen molar-refractivity contribution < 1.29 is 9.90 Å². The zero-order valence-corrected chi connectivity index (χ0v) is 10.2. The Kier molecular flexibility index (Phi) is 4.78. The molecule has 0 bridgehead atoms. The number of aliphatic hydroxyl groups excluding tert-OH is 1. The highest BCUT2D eigenvalue weighted by atomic mass is 79.9. The van der Waals surface area contributed by atoms with Crippen LogP contribution in [-0.2, 0) is 4.79 Å². The predicted molar refractivity (Wildman–Crippen MR) is 63.8 cm³/mol. The van der Waals surface area contributed by atoms with Crippen LogP contribution in [0.25, 0.3) is 0 Å². The molecule has 1 amide bonds. The smallest absolute Gasteiger partial charge is 0.224 e. The number of benzene rings is 1. The fraction of sp³-hybridized carbons (Fsp3) is 0.364. The Morgan fingerprint density at radius 2 is 2.27 bits per heavy atom. The molecule has 0 fully saturated rings. The topological polar surface area (TPSA) is 49.3 Å². The molecule has 1 rings (SSSR count). The number of hydrogen-bond acceptors (Lipinski definition) is 2. The van der Waals surface area contributed by atoms with Gasteiger partial charge < -0.3 is 10.4 Å². The van der Waals surface area contributed by atoms with Gasteiger partial charge in [-0.3, -0.25) is 4.79 Å². The summed E-state index contributed by atoms with van der Waals surface area (Å²) in [5.41, 5.74) is 1.85. The summed E-state index contributed by atoms with van der Waals surface area (Å²) in [7, 11) is 0. The summed E-state index contributed by atoms with van der Waals surface area (Å²) in [6.45, 7) is 2.01. The normalized spacial score (nSPS) is 10.1. The van der Waals surface area contributed by atoms with Crippen molar-refractivity contribution in [1.82, 2.24) is 0 Å². The molecule has 0 unspecified atom stereocenters. The molecule has 0 radical (unpaired) electrons. The number of hydrogen-bond donors (Lipinski definition) is 2. The summed E-state index contributed by atoms with van der Waals surface area (Å²) in [5, 5.41) is 11.4. The van der Waals surface area contributed by atoms with Crippen LogP contribution in [0.5, 0.6) is 0 Å². The van der Waals surface area contributed by atoms with E-state index in [1.807, 2.05) is 25.1 Å². The van der Waals surface area contributed by atoms with E-state index in [2.05, 4.69) is 21.2 Å². The lowest BCUT2D eigenvalue weighted by atomic mass is 10.2. The van der Waals surface area contributed by atoms with Crippen LogP contribution < -0.4 is 5.32 Å². The summed E-state index contributed by atoms with van der Waals surface area (Å²) in [6, 6.07) is 5.70. The number of nitrogens with one attached hydrogen (secondary N) is 1.